The summed E-state index contributed by atoms with van der Waals surface area (Å²) >= 11 is 0. The average molecular weight is 318 g/mol. The molecular formula is C17H19FN2O3. The first-order valence-corrected chi connectivity index (χ1v) is 7.33. The number of benzene rings is 2. The second-order valence-electron chi connectivity index (χ2n) is 4.64. The van der Waals surface area contributed by atoms with Crippen LogP contribution in [-0.4, -0.2) is 25.8 Å². The van der Waals surface area contributed by atoms with Gasteiger partial charge in [-0.2, -0.15) is 0 Å². The summed E-state index contributed by atoms with van der Waals surface area (Å²) in [6.07, 6.45) is 0. The minimum atomic E-state index is -0.358. The highest BCUT2D eigenvalue weighted by Gasteiger charge is 2.02. The lowest BCUT2D eigenvalue weighted by atomic mass is 10.3. The summed E-state index contributed by atoms with van der Waals surface area (Å²) in [7, 11) is 0. The first-order valence-electron chi connectivity index (χ1n) is 7.33. The highest BCUT2D eigenvalue weighted by Crippen LogP contribution is 2.15. The SMILES string of the molecule is CCOc1ccc(NC(=O)NCCOc2cccc(F)c2)cc1. The Balaban J connectivity index is 1.68. The smallest absolute Gasteiger partial charge is 0.319 e. The number of rotatable bonds is 7. The lowest BCUT2D eigenvalue weighted by Gasteiger charge is -2.10. The van der Waals surface area contributed by atoms with E-state index in [1.54, 1.807) is 36.4 Å². The molecular weight excluding hydrogens is 299 g/mol. The van der Waals surface area contributed by atoms with Crippen LogP contribution in [0.2, 0.25) is 0 Å². The molecule has 0 aromatic heterocycles. The molecule has 0 spiro atoms. The highest BCUT2D eigenvalue weighted by atomic mass is 19.1. The van der Waals surface area contributed by atoms with Gasteiger partial charge in [0.2, 0.25) is 0 Å². The summed E-state index contributed by atoms with van der Waals surface area (Å²) in [5.41, 5.74) is 0.664. The van der Waals surface area contributed by atoms with E-state index in [2.05, 4.69) is 10.6 Å². The highest BCUT2D eigenvalue weighted by molar-refractivity contribution is 5.89. The number of amides is 2. The maximum absolute atomic E-state index is 13.0. The summed E-state index contributed by atoms with van der Waals surface area (Å²) in [6, 6.07) is 12.6. The van der Waals surface area contributed by atoms with Gasteiger partial charge in [-0.1, -0.05) is 6.07 Å². The minimum absolute atomic E-state index is 0.250. The fourth-order valence-electron chi connectivity index (χ4n) is 1.87. The lowest BCUT2D eigenvalue weighted by Crippen LogP contribution is -2.32. The van der Waals surface area contributed by atoms with Crippen LogP contribution in [0.15, 0.2) is 48.5 Å². The number of carbonyl (C=O) groups excluding carboxylic acids is 1. The van der Waals surface area contributed by atoms with E-state index in [1.807, 2.05) is 6.92 Å². The minimum Gasteiger partial charge on any atom is -0.494 e. The van der Waals surface area contributed by atoms with E-state index in [1.165, 1.54) is 12.1 Å². The Morgan fingerprint density at radius 3 is 2.57 bits per heavy atom. The Hall–Kier alpha value is -2.76. The fourth-order valence-corrected chi connectivity index (χ4v) is 1.87. The van der Waals surface area contributed by atoms with Crippen molar-refractivity contribution in [3.05, 3.63) is 54.3 Å². The Bertz CT molecular complexity index is 632. The van der Waals surface area contributed by atoms with Crippen LogP contribution in [0.25, 0.3) is 0 Å². The predicted molar refractivity (Wildman–Crippen MR) is 86.5 cm³/mol. The second kappa shape index (κ2) is 8.63. The van der Waals surface area contributed by atoms with E-state index in [4.69, 9.17) is 9.47 Å². The Kier molecular flexibility index (Phi) is 6.23. The molecule has 0 atom stereocenters. The molecule has 2 aromatic carbocycles. The molecule has 6 heteroatoms. The predicted octanol–water partition coefficient (Wildman–Crippen LogP) is 3.42. The van der Waals surface area contributed by atoms with Crippen LogP contribution in [0, 0.1) is 5.82 Å². The van der Waals surface area contributed by atoms with E-state index >= 15 is 0 Å². The fraction of sp³-hybridized carbons (Fsp3) is 0.235. The standard InChI is InChI=1S/C17H19FN2O3/c1-2-22-15-8-6-14(7-9-15)20-17(21)19-10-11-23-16-5-3-4-13(18)12-16/h3-9,12H,2,10-11H2,1H3,(H2,19,20,21). The number of nitrogens with one attached hydrogen (secondary N) is 2. The summed E-state index contributed by atoms with van der Waals surface area (Å²) in [4.78, 5) is 11.7. The van der Waals surface area contributed by atoms with Crippen LogP contribution < -0.4 is 20.1 Å². The normalized spacial score (nSPS) is 10.0. The van der Waals surface area contributed by atoms with Crippen molar-refractivity contribution in [2.24, 2.45) is 0 Å². The van der Waals surface area contributed by atoms with E-state index in [0.29, 0.717) is 24.6 Å². The maximum atomic E-state index is 13.0. The molecule has 2 aromatic rings. The van der Waals surface area contributed by atoms with Crippen molar-refractivity contribution >= 4 is 11.7 Å². The number of hydrogen-bond donors (Lipinski definition) is 2. The second-order valence-corrected chi connectivity index (χ2v) is 4.64. The van der Waals surface area contributed by atoms with Crippen molar-refractivity contribution in [3.63, 3.8) is 0 Å². The van der Waals surface area contributed by atoms with Crippen molar-refractivity contribution in [1.29, 1.82) is 0 Å². The Morgan fingerprint density at radius 2 is 1.87 bits per heavy atom. The monoisotopic (exact) mass is 318 g/mol. The zero-order valence-electron chi connectivity index (χ0n) is 12.8. The number of carbonyl (C=O) groups is 1. The van der Waals surface area contributed by atoms with Gasteiger partial charge in [0, 0.05) is 11.8 Å². The molecule has 23 heavy (non-hydrogen) atoms. The number of urea groups is 1. The molecule has 0 fully saturated rings. The van der Waals surface area contributed by atoms with E-state index in [0.717, 1.165) is 5.75 Å². The van der Waals surface area contributed by atoms with Crippen LogP contribution in [0.3, 0.4) is 0 Å². The molecule has 0 saturated heterocycles. The van der Waals surface area contributed by atoms with Gasteiger partial charge in [-0.05, 0) is 43.3 Å². The van der Waals surface area contributed by atoms with Crippen LogP contribution in [0.4, 0.5) is 14.9 Å². The molecule has 0 aliphatic rings. The van der Waals surface area contributed by atoms with Gasteiger partial charge >= 0.3 is 6.03 Å². The largest absolute Gasteiger partial charge is 0.494 e. The third kappa shape index (κ3) is 5.86. The molecule has 0 radical (unpaired) electrons. The van der Waals surface area contributed by atoms with E-state index < -0.39 is 0 Å². The van der Waals surface area contributed by atoms with Crippen molar-refractivity contribution < 1.29 is 18.7 Å². The number of hydrogen-bond acceptors (Lipinski definition) is 3. The van der Waals surface area contributed by atoms with Gasteiger partial charge in [-0.15, -0.1) is 0 Å². The molecule has 5 nitrogen and oxygen atoms in total. The van der Waals surface area contributed by atoms with Gasteiger partial charge in [0.05, 0.1) is 13.2 Å². The number of halogens is 1. The molecule has 0 heterocycles. The molecule has 0 aliphatic carbocycles. The zero-order valence-corrected chi connectivity index (χ0v) is 12.8. The third-order valence-corrected chi connectivity index (χ3v) is 2.88. The third-order valence-electron chi connectivity index (χ3n) is 2.88. The first-order chi connectivity index (χ1) is 11.2. The summed E-state index contributed by atoms with van der Waals surface area (Å²) in [5.74, 6) is 0.823. The van der Waals surface area contributed by atoms with E-state index in [9.17, 15) is 9.18 Å². The van der Waals surface area contributed by atoms with Crippen molar-refractivity contribution in [2.45, 2.75) is 6.92 Å². The topological polar surface area (TPSA) is 59.6 Å². The van der Waals surface area contributed by atoms with Crippen molar-refractivity contribution in [3.8, 4) is 11.5 Å². The molecule has 0 unspecified atom stereocenters. The summed E-state index contributed by atoms with van der Waals surface area (Å²) < 4.78 is 23.6. The van der Waals surface area contributed by atoms with Gasteiger partial charge in [0.15, 0.2) is 0 Å². The van der Waals surface area contributed by atoms with Crippen molar-refractivity contribution in [1.82, 2.24) is 5.32 Å². The zero-order chi connectivity index (χ0) is 16.5. The van der Waals surface area contributed by atoms with Crippen LogP contribution >= 0.6 is 0 Å². The molecule has 0 aliphatic heterocycles. The van der Waals surface area contributed by atoms with Crippen LogP contribution in [0.5, 0.6) is 11.5 Å². The van der Waals surface area contributed by atoms with Gasteiger partial charge in [-0.3, -0.25) is 0 Å². The molecule has 2 rings (SSSR count). The molecule has 0 saturated carbocycles. The number of anilines is 1. The Morgan fingerprint density at radius 1 is 1.09 bits per heavy atom. The van der Waals surface area contributed by atoms with Gasteiger partial charge < -0.3 is 20.1 Å². The lowest BCUT2D eigenvalue weighted by molar-refractivity contribution is 0.247. The van der Waals surface area contributed by atoms with Gasteiger partial charge in [0.1, 0.15) is 23.9 Å². The van der Waals surface area contributed by atoms with Crippen LogP contribution in [-0.2, 0) is 0 Å². The first kappa shape index (κ1) is 16.6. The average Bonchev–Trinajstić information content (AvgIpc) is 2.54. The van der Waals surface area contributed by atoms with Crippen LogP contribution in [0.1, 0.15) is 6.92 Å². The summed E-state index contributed by atoms with van der Waals surface area (Å²) in [6.45, 7) is 3.06. The maximum Gasteiger partial charge on any atom is 0.319 e. The molecule has 0 bridgehead atoms. The van der Waals surface area contributed by atoms with Gasteiger partial charge in [-0.25, -0.2) is 9.18 Å². The van der Waals surface area contributed by atoms with Crippen molar-refractivity contribution in [2.75, 3.05) is 25.1 Å². The quantitative estimate of drug-likeness (QED) is 0.769. The van der Waals surface area contributed by atoms with E-state index in [-0.39, 0.29) is 18.5 Å². The summed E-state index contributed by atoms with van der Waals surface area (Å²) in [5, 5.41) is 5.35. The number of ether oxygens (including phenoxy) is 2. The van der Waals surface area contributed by atoms with Gasteiger partial charge in [0.25, 0.3) is 0 Å². The molecule has 2 N–H and O–H groups in total. The molecule has 122 valence electrons. The molecule has 2 amide bonds. The Labute approximate surface area is 134 Å².